The third kappa shape index (κ3) is 5.93. The van der Waals surface area contributed by atoms with E-state index >= 15 is 0 Å². The predicted octanol–water partition coefficient (Wildman–Crippen LogP) is 2.45. The lowest BCUT2D eigenvalue weighted by Gasteiger charge is -2.23. The first-order valence-electron chi connectivity index (χ1n) is 8.23. The van der Waals surface area contributed by atoms with Crippen LogP contribution >= 0.6 is 24.2 Å². The smallest absolute Gasteiger partial charge is 0.254 e. The van der Waals surface area contributed by atoms with E-state index in [4.69, 9.17) is 9.47 Å². The molecule has 134 valence electrons. The SMILES string of the molecule is Cl.O=C(Nc1cccc(CSC2CCOCC2)c1)C1CNCCO1. The van der Waals surface area contributed by atoms with Gasteiger partial charge in [-0.15, -0.1) is 12.4 Å². The molecule has 2 heterocycles. The number of rotatable bonds is 5. The normalized spacial score (nSPS) is 21.8. The molecule has 0 bridgehead atoms. The fourth-order valence-electron chi connectivity index (χ4n) is 2.75. The summed E-state index contributed by atoms with van der Waals surface area (Å²) < 4.78 is 10.9. The molecular weight excluding hydrogens is 348 g/mol. The number of carbonyl (C=O) groups excluding carboxylic acids is 1. The lowest BCUT2D eigenvalue weighted by molar-refractivity contribution is -0.128. The minimum atomic E-state index is -0.399. The van der Waals surface area contributed by atoms with E-state index in [1.54, 1.807) is 0 Å². The summed E-state index contributed by atoms with van der Waals surface area (Å²) in [5.74, 6) is 0.891. The van der Waals surface area contributed by atoms with Gasteiger partial charge in [-0.05, 0) is 30.5 Å². The highest BCUT2D eigenvalue weighted by molar-refractivity contribution is 7.99. The Morgan fingerprint density at radius 2 is 2.12 bits per heavy atom. The number of ether oxygens (including phenoxy) is 2. The average Bonchev–Trinajstić information content (AvgIpc) is 2.62. The second-order valence-corrected chi connectivity index (χ2v) is 7.16. The monoisotopic (exact) mass is 372 g/mol. The van der Waals surface area contributed by atoms with E-state index in [2.05, 4.69) is 22.8 Å². The van der Waals surface area contributed by atoms with Gasteiger partial charge in [0.2, 0.25) is 0 Å². The maximum Gasteiger partial charge on any atom is 0.254 e. The van der Waals surface area contributed by atoms with Gasteiger partial charge in [0.05, 0.1) is 6.61 Å². The number of halogens is 1. The molecule has 1 aromatic rings. The van der Waals surface area contributed by atoms with Gasteiger partial charge in [-0.25, -0.2) is 0 Å². The molecule has 0 aliphatic carbocycles. The van der Waals surface area contributed by atoms with E-state index < -0.39 is 6.10 Å². The summed E-state index contributed by atoms with van der Waals surface area (Å²) >= 11 is 1.98. The third-order valence-electron chi connectivity index (χ3n) is 4.07. The van der Waals surface area contributed by atoms with Gasteiger partial charge in [0, 0.05) is 43.0 Å². The first-order valence-corrected chi connectivity index (χ1v) is 9.27. The Labute approximate surface area is 153 Å². The van der Waals surface area contributed by atoms with Crippen molar-refractivity contribution in [2.75, 3.05) is 38.2 Å². The molecule has 24 heavy (non-hydrogen) atoms. The van der Waals surface area contributed by atoms with E-state index in [0.717, 1.165) is 44.0 Å². The molecule has 2 saturated heterocycles. The van der Waals surface area contributed by atoms with E-state index in [-0.39, 0.29) is 18.3 Å². The molecule has 2 fully saturated rings. The van der Waals surface area contributed by atoms with Gasteiger partial charge < -0.3 is 20.1 Å². The van der Waals surface area contributed by atoms with Crippen LogP contribution in [-0.2, 0) is 20.0 Å². The fourth-order valence-corrected chi connectivity index (χ4v) is 3.89. The lowest BCUT2D eigenvalue weighted by Crippen LogP contribution is -2.45. The predicted molar refractivity (Wildman–Crippen MR) is 100 cm³/mol. The Morgan fingerprint density at radius 1 is 1.29 bits per heavy atom. The van der Waals surface area contributed by atoms with Crippen LogP contribution in [0.4, 0.5) is 5.69 Å². The minimum Gasteiger partial charge on any atom is -0.381 e. The molecule has 1 atom stereocenters. The van der Waals surface area contributed by atoms with Crippen LogP contribution in [-0.4, -0.2) is 50.2 Å². The number of nitrogens with one attached hydrogen (secondary N) is 2. The van der Waals surface area contributed by atoms with Crippen molar-refractivity contribution >= 4 is 35.8 Å². The number of amides is 1. The van der Waals surface area contributed by atoms with Crippen LogP contribution in [0.2, 0.25) is 0 Å². The number of thioether (sulfide) groups is 1. The Kier molecular flexibility index (Phi) is 8.35. The number of hydrogen-bond acceptors (Lipinski definition) is 5. The second kappa shape index (κ2) is 10.3. The Hall–Kier alpha value is -0.790. The third-order valence-corrected chi connectivity index (χ3v) is 5.51. The molecule has 2 aliphatic heterocycles. The van der Waals surface area contributed by atoms with Crippen LogP contribution in [0.15, 0.2) is 24.3 Å². The minimum absolute atomic E-state index is 0. The van der Waals surface area contributed by atoms with E-state index in [0.29, 0.717) is 18.4 Å². The van der Waals surface area contributed by atoms with Crippen LogP contribution in [0.3, 0.4) is 0 Å². The molecule has 1 aromatic carbocycles. The molecule has 1 amide bonds. The van der Waals surface area contributed by atoms with Crippen molar-refractivity contribution in [1.82, 2.24) is 5.32 Å². The summed E-state index contributed by atoms with van der Waals surface area (Å²) in [5.41, 5.74) is 2.08. The van der Waals surface area contributed by atoms with Gasteiger partial charge in [0.25, 0.3) is 5.91 Å². The zero-order valence-corrected chi connectivity index (χ0v) is 15.3. The highest BCUT2D eigenvalue weighted by Crippen LogP contribution is 2.26. The first kappa shape index (κ1) is 19.5. The van der Waals surface area contributed by atoms with Crippen molar-refractivity contribution in [3.05, 3.63) is 29.8 Å². The zero-order chi connectivity index (χ0) is 15.9. The fraction of sp³-hybridized carbons (Fsp3) is 0.588. The van der Waals surface area contributed by atoms with Crippen LogP contribution in [0, 0.1) is 0 Å². The number of morpholine rings is 1. The molecule has 5 nitrogen and oxygen atoms in total. The summed E-state index contributed by atoms with van der Waals surface area (Å²) in [5, 5.41) is 6.81. The van der Waals surface area contributed by atoms with Gasteiger partial charge in [0.1, 0.15) is 6.10 Å². The zero-order valence-electron chi connectivity index (χ0n) is 13.7. The largest absolute Gasteiger partial charge is 0.381 e. The van der Waals surface area contributed by atoms with Crippen molar-refractivity contribution < 1.29 is 14.3 Å². The maximum atomic E-state index is 12.2. The molecule has 0 saturated carbocycles. The van der Waals surface area contributed by atoms with Crippen molar-refractivity contribution in [2.45, 2.75) is 29.9 Å². The highest BCUT2D eigenvalue weighted by Gasteiger charge is 2.21. The van der Waals surface area contributed by atoms with Crippen LogP contribution < -0.4 is 10.6 Å². The van der Waals surface area contributed by atoms with Gasteiger partial charge in [-0.3, -0.25) is 4.79 Å². The Morgan fingerprint density at radius 3 is 2.88 bits per heavy atom. The summed E-state index contributed by atoms with van der Waals surface area (Å²) in [6.07, 6.45) is 1.87. The number of anilines is 1. The highest BCUT2D eigenvalue weighted by atomic mass is 35.5. The van der Waals surface area contributed by atoms with Crippen molar-refractivity contribution in [1.29, 1.82) is 0 Å². The molecule has 0 radical (unpaired) electrons. The topological polar surface area (TPSA) is 59.6 Å². The Balaban J connectivity index is 0.00000208. The van der Waals surface area contributed by atoms with Gasteiger partial charge in [-0.1, -0.05) is 12.1 Å². The molecule has 0 spiro atoms. The van der Waals surface area contributed by atoms with E-state index in [1.165, 1.54) is 5.56 Å². The number of benzene rings is 1. The summed E-state index contributed by atoms with van der Waals surface area (Å²) in [6, 6.07) is 8.09. The van der Waals surface area contributed by atoms with E-state index in [9.17, 15) is 4.79 Å². The number of hydrogen-bond donors (Lipinski definition) is 2. The molecule has 0 aromatic heterocycles. The van der Waals surface area contributed by atoms with E-state index in [1.807, 2.05) is 23.9 Å². The Bertz CT molecular complexity index is 520. The maximum absolute atomic E-state index is 12.2. The second-order valence-electron chi connectivity index (χ2n) is 5.88. The van der Waals surface area contributed by atoms with Gasteiger partial charge in [-0.2, -0.15) is 11.8 Å². The van der Waals surface area contributed by atoms with Crippen molar-refractivity contribution in [2.24, 2.45) is 0 Å². The van der Waals surface area contributed by atoms with Crippen molar-refractivity contribution in [3.63, 3.8) is 0 Å². The van der Waals surface area contributed by atoms with Crippen LogP contribution in [0.5, 0.6) is 0 Å². The standard InChI is InChI=1S/C17H24N2O3S.ClH/c20-17(16-11-18-6-9-22-16)19-14-3-1-2-13(10-14)12-23-15-4-7-21-8-5-15;/h1-3,10,15-16,18H,4-9,11-12H2,(H,19,20);1H. The quantitative estimate of drug-likeness (QED) is 0.831. The molecule has 1 unspecified atom stereocenters. The van der Waals surface area contributed by atoms with Crippen molar-refractivity contribution in [3.8, 4) is 0 Å². The summed E-state index contributed by atoms with van der Waals surface area (Å²) in [4.78, 5) is 12.2. The lowest BCUT2D eigenvalue weighted by atomic mass is 10.2. The average molecular weight is 373 g/mol. The molecule has 2 N–H and O–H groups in total. The summed E-state index contributed by atoms with van der Waals surface area (Å²) in [7, 11) is 0. The van der Waals surface area contributed by atoms with Gasteiger partial charge >= 0.3 is 0 Å². The molecule has 3 rings (SSSR count). The molecular formula is C17H25ClN2O3S. The molecule has 7 heteroatoms. The van der Waals surface area contributed by atoms with Crippen LogP contribution in [0.1, 0.15) is 18.4 Å². The van der Waals surface area contributed by atoms with Gasteiger partial charge in [0.15, 0.2) is 0 Å². The first-order chi connectivity index (χ1) is 11.3. The summed E-state index contributed by atoms with van der Waals surface area (Å²) in [6.45, 7) is 3.72. The van der Waals surface area contributed by atoms with Crippen LogP contribution in [0.25, 0.3) is 0 Å². The number of carbonyl (C=O) groups is 1. The molecule has 2 aliphatic rings.